The van der Waals surface area contributed by atoms with Crippen LogP contribution in [0.25, 0.3) is 0 Å². The molecule has 1 aliphatic rings. The molecule has 1 saturated heterocycles. The van der Waals surface area contributed by atoms with Crippen LogP contribution >= 0.6 is 0 Å². The van der Waals surface area contributed by atoms with Crippen LogP contribution in [0.4, 0.5) is 27.6 Å². The topological polar surface area (TPSA) is 58.6 Å². The lowest BCUT2D eigenvalue weighted by atomic mass is 10.0. The number of carbonyl (C=O) groups is 2. The summed E-state index contributed by atoms with van der Waals surface area (Å²) < 4.78 is 67.6. The molecular formula is C17H19F5N2O3. The molecule has 0 aromatic heterocycles. The van der Waals surface area contributed by atoms with Crippen molar-refractivity contribution in [3.05, 3.63) is 30.1 Å². The van der Waals surface area contributed by atoms with Crippen molar-refractivity contribution in [2.75, 3.05) is 24.7 Å². The molecule has 1 N–H and O–H groups in total. The fourth-order valence-electron chi connectivity index (χ4n) is 2.62. The van der Waals surface area contributed by atoms with Gasteiger partial charge in [-0.25, -0.2) is 13.2 Å². The monoisotopic (exact) mass is 394 g/mol. The van der Waals surface area contributed by atoms with Crippen LogP contribution in [0.3, 0.4) is 0 Å². The van der Waals surface area contributed by atoms with Gasteiger partial charge in [-0.3, -0.25) is 9.59 Å². The summed E-state index contributed by atoms with van der Waals surface area (Å²) >= 11 is 0. The first-order valence-electron chi connectivity index (χ1n) is 8.31. The average molecular weight is 394 g/mol. The highest BCUT2D eigenvalue weighted by atomic mass is 19.3. The highest BCUT2D eigenvalue weighted by Gasteiger charge is 2.41. The minimum Gasteiger partial charge on any atom is -0.374 e. The number of nitrogens with zero attached hydrogens (tertiary/aromatic N) is 1. The van der Waals surface area contributed by atoms with Crippen LogP contribution in [0.5, 0.6) is 0 Å². The Morgan fingerprint density at radius 3 is 2.70 bits per heavy atom. The predicted molar refractivity (Wildman–Crippen MR) is 86.3 cm³/mol. The maximum Gasteiger partial charge on any atom is 0.330 e. The largest absolute Gasteiger partial charge is 0.374 e. The molecule has 27 heavy (non-hydrogen) atoms. The lowest BCUT2D eigenvalue weighted by Gasteiger charge is -2.32. The molecule has 150 valence electrons. The number of amides is 2. The van der Waals surface area contributed by atoms with Crippen LogP contribution in [-0.2, 0) is 14.3 Å². The van der Waals surface area contributed by atoms with Gasteiger partial charge < -0.3 is 15.0 Å². The van der Waals surface area contributed by atoms with Gasteiger partial charge in [-0.2, -0.15) is 8.78 Å². The van der Waals surface area contributed by atoms with Crippen molar-refractivity contribution in [3.8, 4) is 0 Å². The number of hydrogen-bond donors (Lipinski definition) is 1. The molecule has 1 atom stereocenters. The fraction of sp³-hybridized carbons (Fsp3) is 0.529. The van der Waals surface area contributed by atoms with Gasteiger partial charge in [-0.15, -0.1) is 0 Å². The van der Waals surface area contributed by atoms with Crippen molar-refractivity contribution >= 4 is 17.5 Å². The molecule has 1 heterocycles. The minimum atomic E-state index is -4.28. The number of rotatable bonds is 8. The molecule has 2 amide bonds. The van der Waals surface area contributed by atoms with Crippen molar-refractivity contribution in [1.82, 2.24) is 5.32 Å². The number of halogens is 5. The van der Waals surface area contributed by atoms with Crippen molar-refractivity contribution in [1.29, 1.82) is 0 Å². The standard InChI is InChI=1S/C17H19F5N2O3/c18-11-4-1-2-6-13(11)24-8-3-5-12(15(24)26)23-14(25)7-9-27-10-17(21,22)16(19)20/h1-2,4,6,12,16H,3,5,7-10H2,(H,23,25). The van der Waals surface area contributed by atoms with Crippen LogP contribution in [-0.4, -0.2) is 50.0 Å². The van der Waals surface area contributed by atoms with Gasteiger partial charge in [0.1, 0.15) is 18.5 Å². The Hall–Kier alpha value is -2.23. The maximum atomic E-state index is 13.9. The Labute approximate surface area is 152 Å². The Morgan fingerprint density at radius 2 is 2.04 bits per heavy atom. The zero-order valence-corrected chi connectivity index (χ0v) is 14.3. The van der Waals surface area contributed by atoms with E-state index in [0.29, 0.717) is 19.4 Å². The summed E-state index contributed by atoms with van der Waals surface area (Å²) in [6, 6.07) is 4.87. The number of para-hydroxylation sites is 1. The van der Waals surface area contributed by atoms with Gasteiger partial charge in [0.15, 0.2) is 0 Å². The van der Waals surface area contributed by atoms with E-state index >= 15 is 0 Å². The Bertz CT molecular complexity index is 672. The van der Waals surface area contributed by atoms with Crippen LogP contribution in [0.15, 0.2) is 24.3 Å². The predicted octanol–water partition coefficient (Wildman–Crippen LogP) is 2.74. The summed E-state index contributed by atoms with van der Waals surface area (Å²) in [5.74, 6) is -5.98. The molecule has 0 radical (unpaired) electrons. The summed E-state index contributed by atoms with van der Waals surface area (Å²) in [7, 11) is 0. The number of benzene rings is 1. The third-order valence-electron chi connectivity index (χ3n) is 4.00. The molecule has 0 bridgehead atoms. The number of hydrogen-bond acceptors (Lipinski definition) is 3. The molecule has 1 aliphatic heterocycles. The molecule has 5 nitrogen and oxygen atoms in total. The van der Waals surface area contributed by atoms with E-state index in [9.17, 15) is 31.5 Å². The van der Waals surface area contributed by atoms with Crippen LogP contribution in [0.1, 0.15) is 19.3 Å². The quantitative estimate of drug-likeness (QED) is 0.545. The summed E-state index contributed by atoms with van der Waals surface area (Å²) in [5, 5.41) is 2.44. The van der Waals surface area contributed by atoms with E-state index in [2.05, 4.69) is 10.1 Å². The third kappa shape index (κ3) is 5.62. The Kier molecular flexibility index (Phi) is 7.11. The van der Waals surface area contributed by atoms with Gasteiger partial charge in [0.25, 0.3) is 0 Å². The van der Waals surface area contributed by atoms with E-state index < -0.39 is 49.2 Å². The zero-order chi connectivity index (χ0) is 20.0. The van der Waals surface area contributed by atoms with Gasteiger partial charge in [0.2, 0.25) is 11.8 Å². The number of nitrogens with one attached hydrogen (secondary N) is 1. The molecule has 1 fully saturated rings. The highest BCUT2D eigenvalue weighted by molar-refractivity contribution is 5.99. The van der Waals surface area contributed by atoms with E-state index in [-0.39, 0.29) is 12.1 Å². The molecular weight excluding hydrogens is 375 g/mol. The van der Waals surface area contributed by atoms with Crippen LogP contribution < -0.4 is 10.2 Å². The normalized spacial score (nSPS) is 18.1. The van der Waals surface area contributed by atoms with E-state index in [1.165, 1.54) is 23.1 Å². The lowest BCUT2D eigenvalue weighted by Crippen LogP contribution is -2.52. The fourth-order valence-corrected chi connectivity index (χ4v) is 2.62. The van der Waals surface area contributed by atoms with Crippen molar-refractivity contribution in [3.63, 3.8) is 0 Å². The number of piperidine rings is 1. The second-order valence-electron chi connectivity index (χ2n) is 6.07. The van der Waals surface area contributed by atoms with Gasteiger partial charge in [0.05, 0.1) is 12.3 Å². The molecule has 2 rings (SSSR count). The molecule has 1 aromatic rings. The highest BCUT2D eigenvalue weighted by Crippen LogP contribution is 2.24. The third-order valence-corrected chi connectivity index (χ3v) is 4.00. The van der Waals surface area contributed by atoms with Crippen LogP contribution in [0, 0.1) is 5.82 Å². The number of alkyl halides is 4. The second-order valence-corrected chi connectivity index (χ2v) is 6.07. The van der Waals surface area contributed by atoms with E-state index in [1.807, 2.05) is 0 Å². The maximum absolute atomic E-state index is 13.9. The van der Waals surface area contributed by atoms with E-state index in [1.54, 1.807) is 6.07 Å². The summed E-state index contributed by atoms with van der Waals surface area (Å²) in [4.78, 5) is 25.6. The first-order valence-corrected chi connectivity index (χ1v) is 8.31. The minimum absolute atomic E-state index is 0.110. The molecule has 0 spiro atoms. The molecule has 1 aromatic carbocycles. The zero-order valence-electron chi connectivity index (χ0n) is 14.3. The van der Waals surface area contributed by atoms with Crippen molar-refractivity contribution in [2.24, 2.45) is 0 Å². The van der Waals surface area contributed by atoms with Gasteiger partial charge in [-0.1, -0.05) is 12.1 Å². The van der Waals surface area contributed by atoms with Gasteiger partial charge >= 0.3 is 12.3 Å². The molecule has 0 aliphatic carbocycles. The molecule has 0 saturated carbocycles. The lowest BCUT2D eigenvalue weighted by molar-refractivity contribution is -0.166. The van der Waals surface area contributed by atoms with E-state index in [0.717, 1.165) is 0 Å². The first-order chi connectivity index (χ1) is 12.7. The summed E-state index contributed by atoms with van der Waals surface area (Å²) in [6.45, 7) is -1.69. The Balaban J connectivity index is 1.83. The average Bonchev–Trinajstić information content (AvgIpc) is 2.61. The smallest absolute Gasteiger partial charge is 0.330 e. The summed E-state index contributed by atoms with van der Waals surface area (Å²) in [6.07, 6.45) is -3.35. The molecule has 1 unspecified atom stereocenters. The SMILES string of the molecule is O=C(CCOCC(F)(F)C(F)F)NC1CCCN(c2ccccc2F)C1=O. The summed E-state index contributed by atoms with van der Waals surface area (Å²) in [5.41, 5.74) is 0.110. The van der Waals surface area contributed by atoms with Crippen LogP contribution in [0.2, 0.25) is 0 Å². The van der Waals surface area contributed by atoms with Crippen molar-refractivity contribution < 1.29 is 36.3 Å². The Morgan fingerprint density at radius 1 is 1.33 bits per heavy atom. The van der Waals surface area contributed by atoms with E-state index in [4.69, 9.17) is 0 Å². The first kappa shape index (κ1) is 21.1. The van der Waals surface area contributed by atoms with Crippen molar-refractivity contribution in [2.45, 2.75) is 37.7 Å². The van der Waals surface area contributed by atoms with Gasteiger partial charge in [0, 0.05) is 13.0 Å². The second kappa shape index (κ2) is 9.12. The number of ether oxygens (including phenoxy) is 1. The number of carbonyl (C=O) groups excluding carboxylic acids is 2. The number of anilines is 1. The van der Waals surface area contributed by atoms with Gasteiger partial charge in [-0.05, 0) is 25.0 Å². The molecule has 10 heteroatoms.